The molecule has 1 aromatic carbocycles. The molecule has 0 saturated heterocycles. The van der Waals surface area contributed by atoms with Gasteiger partial charge < -0.3 is 0 Å². The minimum absolute atomic E-state index is 0.110. The lowest BCUT2D eigenvalue weighted by atomic mass is 9.94. The van der Waals surface area contributed by atoms with Crippen molar-refractivity contribution < 1.29 is 4.79 Å². The summed E-state index contributed by atoms with van der Waals surface area (Å²) in [6, 6.07) is 9.88. The maximum atomic E-state index is 13.2. The SMILES string of the molecule is CC(C)=C1CC[C@](C(=O)c2ccccc2)([Si](C)(C)C)C1. The summed E-state index contributed by atoms with van der Waals surface area (Å²) in [7, 11) is -1.59. The molecule has 0 radical (unpaired) electrons. The third-order valence-electron chi connectivity index (χ3n) is 4.98. The van der Waals surface area contributed by atoms with Crippen LogP contribution in [-0.2, 0) is 0 Å². The molecule has 1 aromatic rings. The number of carbonyl (C=O) groups excluding carboxylic acids is 1. The first-order valence-electron chi connectivity index (χ1n) is 7.53. The van der Waals surface area contributed by atoms with E-state index in [1.807, 2.05) is 30.3 Å². The minimum atomic E-state index is -1.59. The molecule has 1 aliphatic carbocycles. The van der Waals surface area contributed by atoms with Gasteiger partial charge in [-0.15, -0.1) is 0 Å². The van der Waals surface area contributed by atoms with E-state index in [1.165, 1.54) is 11.1 Å². The Balaban J connectivity index is 2.46. The molecule has 2 heteroatoms. The molecule has 108 valence electrons. The van der Waals surface area contributed by atoms with Crippen LogP contribution in [0, 0.1) is 0 Å². The summed E-state index contributed by atoms with van der Waals surface area (Å²) < 4.78 is 0. The Hall–Kier alpha value is -1.15. The van der Waals surface area contributed by atoms with Gasteiger partial charge in [-0.25, -0.2) is 0 Å². The minimum Gasteiger partial charge on any atom is -0.294 e. The second kappa shape index (κ2) is 5.32. The van der Waals surface area contributed by atoms with E-state index in [0.717, 1.165) is 24.8 Å². The second-order valence-corrected chi connectivity index (χ2v) is 12.8. The summed E-state index contributed by atoms with van der Waals surface area (Å²) >= 11 is 0. The fourth-order valence-electron chi connectivity index (χ4n) is 3.37. The molecule has 0 amide bonds. The van der Waals surface area contributed by atoms with Crippen molar-refractivity contribution in [1.82, 2.24) is 0 Å². The van der Waals surface area contributed by atoms with Gasteiger partial charge in [-0.2, -0.15) is 0 Å². The van der Waals surface area contributed by atoms with Gasteiger partial charge in [0.15, 0.2) is 5.78 Å². The zero-order valence-electron chi connectivity index (χ0n) is 13.4. The number of benzene rings is 1. The van der Waals surface area contributed by atoms with Crippen molar-refractivity contribution >= 4 is 13.9 Å². The van der Waals surface area contributed by atoms with Gasteiger partial charge in [0, 0.05) is 10.6 Å². The largest absolute Gasteiger partial charge is 0.294 e. The zero-order valence-corrected chi connectivity index (χ0v) is 14.4. The lowest BCUT2D eigenvalue weighted by Crippen LogP contribution is -2.43. The van der Waals surface area contributed by atoms with Crippen LogP contribution in [0.15, 0.2) is 41.5 Å². The van der Waals surface area contributed by atoms with E-state index in [4.69, 9.17) is 0 Å². The molecule has 0 N–H and O–H groups in total. The van der Waals surface area contributed by atoms with E-state index in [1.54, 1.807) is 0 Å². The molecule has 2 rings (SSSR count). The lowest BCUT2D eigenvalue weighted by Gasteiger charge is -2.39. The molecule has 20 heavy (non-hydrogen) atoms. The van der Waals surface area contributed by atoms with Crippen LogP contribution < -0.4 is 0 Å². The Morgan fingerprint density at radius 3 is 2.15 bits per heavy atom. The molecular formula is C18H26OSi. The molecule has 0 heterocycles. The number of rotatable bonds is 3. The first-order valence-corrected chi connectivity index (χ1v) is 11.0. The van der Waals surface area contributed by atoms with Crippen molar-refractivity contribution in [1.29, 1.82) is 0 Å². The van der Waals surface area contributed by atoms with E-state index < -0.39 is 8.07 Å². The van der Waals surface area contributed by atoms with Crippen LogP contribution in [0.25, 0.3) is 0 Å². The van der Waals surface area contributed by atoms with Gasteiger partial charge in [0.1, 0.15) is 0 Å². The Morgan fingerprint density at radius 2 is 1.70 bits per heavy atom. The van der Waals surface area contributed by atoms with E-state index in [0.29, 0.717) is 5.78 Å². The number of Topliss-reactive ketones (excluding diaryl/α,β-unsaturated/α-hetero) is 1. The Bertz CT molecular complexity index is 532. The molecular weight excluding hydrogens is 260 g/mol. The van der Waals surface area contributed by atoms with Crippen LogP contribution in [0.1, 0.15) is 43.5 Å². The maximum absolute atomic E-state index is 13.2. The average Bonchev–Trinajstić information content (AvgIpc) is 2.85. The van der Waals surface area contributed by atoms with Gasteiger partial charge in [-0.1, -0.05) is 61.1 Å². The predicted molar refractivity (Wildman–Crippen MR) is 89.0 cm³/mol. The topological polar surface area (TPSA) is 17.1 Å². The van der Waals surface area contributed by atoms with Crippen LogP contribution in [0.5, 0.6) is 0 Å². The van der Waals surface area contributed by atoms with Crippen molar-refractivity contribution in [3.05, 3.63) is 47.0 Å². The molecule has 1 saturated carbocycles. The van der Waals surface area contributed by atoms with E-state index in [9.17, 15) is 4.79 Å². The molecule has 0 bridgehead atoms. The van der Waals surface area contributed by atoms with Crippen molar-refractivity contribution in [2.75, 3.05) is 0 Å². The van der Waals surface area contributed by atoms with Gasteiger partial charge in [0.2, 0.25) is 0 Å². The summed E-state index contributed by atoms with van der Waals surface area (Å²) in [5.41, 5.74) is 3.81. The standard InChI is InChI=1S/C18H26OSi/c1-14(2)16-11-12-18(13-16,20(3,4)5)17(19)15-9-7-6-8-10-15/h6-10H,11-13H2,1-5H3/t18-/m0/s1. The van der Waals surface area contributed by atoms with Gasteiger partial charge >= 0.3 is 0 Å². The molecule has 1 fully saturated rings. The number of allylic oxidation sites excluding steroid dienone is 2. The molecule has 1 aliphatic rings. The Kier molecular flexibility index (Phi) is 4.06. The lowest BCUT2D eigenvalue weighted by molar-refractivity contribution is 0.0930. The van der Waals surface area contributed by atoms with Gasteiger partial charge in [-0.05, 0) is 33.1 Å². The van der Waals surface area contributed by atoms with Gasteiger partial charge in [0.25, 0.3) is 0 Å². The Labute approximate surface area is 124 Å². The van der Waals surface area contributed by atoms with Gasteiger partial charge in [-0.3, -0.25) is 4.79 Å². The van der Waals surface area contributed by atoms with E-state index in [-0.39, 0.29) is 5.04 Å². The van der Waals surface area contributed by atoms with Crippen molar-refractivity contribution in [3.63, 3.8) is 0 Å². The third kappa shape index (κ3) is 2.54. The summed E-state index contributed by atoms with van der Waals surface area (Å²) in [5, 5.41) is -0.110. The molecule has 0 unspecified atom stereocenters. The number of carbonyl (C=O) groups is 1. The molecule has 1 atom stereocenters. The van der Waals surface area contributed by atoms with Crippen molar-refractivity contribution in [2.24, 2.45) is 0 Å². The van der Waals surface area contributed by atoms with E-state index >= 15 is 0 Å². The predicted octanol–water partition coefficient (Wildman–Crippen LogP) is 5.47. The Morgan fingerprint density at radius 1 is 1.10 bits per heavy atom. The van der Waals surface area contributed by atoms with Crippen LogP contribution in [0.2, 0.25) is 24.7 Å². The van der Waals surface area contributed by atoms with Crippen LogP contribution in [-0.4, -0.2) is 13.9 Å². The summed E-state index contributed by atoms with van der Waals surface area (Å²) in [5.74, 6) is 0.383. The molecule has 0 aromatic heterocycles. The average molecular weight is 286 g/mol. The normalized spacial score (nSPS) is 22.9. The monoisotopic (exact) mass is 286 g/mol. The van der Waals surface area contributed by atoms with Crippen molar-refractivity contribution in [2.45, 2.75) is 57.8 Å². The molecule has 0 spiro atoms. The summed E-state index contributed by atoms with van der Waals surface area (Å²) in [4.78, 5) is 13.2. The van der Waals surface area contributed by atoms with Crippen LogP contribution >= 0.6 is 0 Å². The van der Waals surface area contributed by atoms with Crippen LogP contribution in [0.4, 0.5) is 0 Å². The van der Waals surface area contributed by atoms with E-state index in [2.05, 4.69) is 33.5 Å². The molecule has 0 aliphatic heterocycles. The quantitative estimate of drug-likeness (QED) is 0.409. The second-order valence-electron chi connectivity index (χ2n) is 7.31. The highest BCUT2D eigenvalue weighted by Gasteiger charge is 2.52. The highest BCUT2D eigenvalue weighted by molar-refractivity contribution is 6.83. The number of hydrogen-bond donors (Lipinski definition) is 0. The fraction of sp³-hybridized carbons (Fsp3) is 0.500. The summed E-state index contributed by atoms with van der Waals surface area (Å²) in [6.45, 7) is 11.4. The first-order chi connectivity index (χ1) is 9.28. The smallest absolute Gasteiger partial charge is 0.166 e. The van der Waals surface area contributed by atoms with Gasteiger partial charge in [0.05, 0.1) is 8.07 Å². The third-order valence-corrected chi connectivity index (χ3v) is 8.51. The number of hydrogen-bond acceptors (Lipinski definition) is 1. The highest BCUT2D eigenvalue weighted by atomic mass is 28.3. The van der Waals surface area contributed by atoms with Crippen LogP contribution in [0.3, 0.4) is 0 Å². The highest BCUT2D eigenvalue weighted by Crippen LogP contribution is 2.56. The fourth-order valence-corrected chi connectivity index (χ4v) is 5.82. The maximum Gasteiger partial charge on any atom is 0.166 e. The van der Waals surface area contributed by atoms with Crippen molar-refractivity contribution in [3.8, 4) is 0 Å². The number of ketones is 1. The zero-order chi connectivity index (χ0) is 15.0. The molecule has 1 nitrogen and oxygen atoms in total. The first kappa shape index (κ1) is 15.2. The summed E-state index contributed by atoms with van der Waals surface area (Å²) in [6.07, 6.45) is 3.13.